The van der Waals surface area contributed by atoms with Gasteiger partial charge in [-0.2, -0.15) is 0 Å². The van der Waals surface area contributed by atoms with Crippen LogP contribution >= 0.6 is 11.3 Å². The minimum atomic E-state index is 0.532. The number of aromatic nitrogens is 1. The van der Waals surface area contributed by atoms with E-state index in [4.69, 9.17) is 4.98 Å². The van der Waals surface area contributed by atoms with E-state index in [1.54, 1.807) is 0 Å². The molecular formula is C17H29N3S. The van der Waals surface area contributed by atoms with Crippen molar-refractivity contribution in [2.75, 3.05) is 19.0 Å². The third-order valence-electron chi connectivity index (χ3n) is 5.53. The Morgan fingerprint density at radius 3 is 2.67 bits per heavy atom. The number of hydrogen-bond donors (Lipinski definition) is 1. The van der Waals surface area contributed by atoms with Crippen LogP contribution in [0.1, 0.15) is 68.5 Å². The number of nitrogens with one attached hydrogen (secondary N) is 1. The van der Waals surface area contributed by atoms with Crippen LogP contribution in [0.4, 0.5) is 5.13 Å². The van der Waals surface area contributed by atoms with E-state index in [1.807, 2.05) is 11.3 Å². The highest BCUT2D eigenvalue weighted by molar-refractivity contribution is 7.15. The fourth-order valence-electron chi connectivity index (χ4n) is 3.93. The predicted octanol–water partition coefficient (Wildman–Crippen LogP) is 4.14. The van der Waals surface area contributed by atoms with Crippen molar-refractivity contribution in [3.05, 3.63) is 10.6 Å². The maximum absolute atomic E-state index is 4.97. The van der Waals surface area contributed by atoms with E-state index in [1.165, 1.54) is 67.1 Å². The molecule has 1 unspecified atom stereocenters. The summed E-state index contributed by atoms with van der Waals surface area (Å²) in [7, 11) is 4.34. The lowest BCUT2D eigenvalue weighted by atomic mass is 9.84. The molecule has 0 aromatic carbocycles. The predicted molar refractivity (Wildman–Crippen MR) is 91.3 cm³/mol. The van der Waals surface area contributed by atoms with Gasteiger partial charge in [0.1, 0.15) is 0 Å². The van der Waals surface area contributed by atoms with Gasteiger partial charge in [0, 0.05) is 24.0 Å². The van der Waals surface area contributed by atoms with Crippen LogP contribution in [0.2, 0.25) is 0 Å². The van der Waals surface area contributed by atoms with E-state index in [0.717, 1.165) is 5.92 Å². The highest BCUT2D eigenvalue weighted by Gasteiger charge is 2.28. The molecule has 21 heavy (non-hydrogen) atoms. The van der Waals surface area contributed by atoms with E-state index in [9.17, 15) is 0 Å². The molecule has 1 aromatic rings. The molecule has 0 amide bonds. The van der Waals surface area contributed by atoms with Gasteiger partial charge in [0.15, 0.2) is 5.13 Å². The number of aryl methyl sites for hydroxylation is 1. The maximum Gasteiger partial charge on any atom is 0.185 e. The Hall–Kier alpha value is -0.610. The molecule has 3 nitrogen and oxygen atoms in total. The van der Waals surface area contributed by atoms with Crippen molar-refractivity contribution in [3.8, 4) is 0 Å². The number of rotatable bonds is 4. The number of thiazole rings is 1. The third-order valence-corrected chi connectivity index (χ3v) is 6.83. The lowest BCUT2D eigenvalue weighted by Gasteiger charge is -2.34. The summed E-state index contributed by atoms with van der Waals surface area (Å²) >= 11 is 1.93. The summed E-state index contributed by atoms with van der Waals surface area (Å²) in [6, 6.07) is 1.23. The summed E-state index contributed by atoms with van der Waals surface area (Å²) in [5.41, 5.74) is 1.36. The molecule has 1 fully saturated rings. The molecule has 1 aromatic heterocycles. The molecule has 2 aliphatic rings. The minimum Gasteiger partial charge on any atom is -0.348 e. The standard InChI is InChI=1S/C17H29N3S/c1-4-12-8-10-13(11-9-12)20(3)17-19-15-7-5-6-14(18-2)16(15)21-17/h12-14,18H,4-11H2,1-3H3. The first-order valence-corrected chi connectivity index (χ1v) is 9.44. The topological polar surface area (TPSA) is 28.2 Å². The van der Waals surface area contributed by atoms with Gasteiger partial charge < -0.3 is 10.2 Å². The monoisotopic (exact) mass is 307 g/mol. The normalized spacial score (nSPS) is 29.2. The molecular weight excluding hydrogens is 278 g/mol. The second-order valence-corrected chi connectivity index (χ2v) is 7.74. The molecule has 118 valence electrons. The average Bonchev–Trinajstić information content (AvgIpc) is 2.98. The van der Waals surface area contributed by atoms with E-state index in [-0.39, 0.29) is 0 Å². The molecule has 0 radical (unpaired) electrons. The maximum atomic E-state index is 4.97. The van der Waals surface area contributed by atoms with E-state index >= 15 is 0 Å². The van der Waals surface area contributed by atoms with Crippen molar-refractivity contribution in [2.45, 2.75) is 70.4 Å². The summed E-state index contributed by atoms with van der Waals surface area (Å²) in [5.74, 6) is 0.966. The van der Waals surface area contributed by atoms with Crippen LogP contribution < -0.4 is 10.2 Å². The molecule has 1 saturated carbocycles. The van der Waals surface area contributed by atoms with E-state index < -0.39 is 0 Å². The van der Waals surface area contributed by atoms with Gasteiger partial charge in [-0.1, -0.05) is 24.7 Å². The van der Waals surface area contributed by atoms with Crippen molar-refractivity contribution in [1.82, 2.24) is 10.3 Å². The summed E-state index contributed by atoms with van der Waals surface area (Å²) in [6.45, 7) is 2.33. The smallest absolute Gasteiger partial charge is 0.185 e. The summed E-state index contributed by atoms with van der Waals surface area (Å²) in [6.07, 6.45) is 10.5. The lowest BCUT2D eigenvalue weighted by molar-refractivity contribution is 0.313. The molecule has 3 rings (SSSR count). The zero-order valence-electron chi connectivity index (χ0n) is 13.7. The molecule has 2 aliphatic carbocycles. The fraction of sp³-hybridized carbons (Fsp3) is 0.824. The van der Waals surface area contributed by atoms with Gasteiger partial charge in [-0.15, -0.1) is 0 Å². The van der Waals surface area contributed by atoms with Gasteiger partial charge in [-0.25, -0.2) is 4.98 Å². The number of fused-ring (bicyclic) bond motifs is 1. The number of nitrogens with zero attached hydrogens (tertiary/aromatic N) is 2. The highest BCUT2D eigenvalue weighted by atomic mass is 32.1. The summed E-state index contributed by atoms with van der Waals surface area (Å²) in [5, 5.41) is 4.71. The SMILES string of the molecule is CCC1CCC(N(C)c2nc3c(s2)C(NC)CCC3)CC1. The molecule has 1 N–H and O–H groups in total. The van der Waals surface area contributed by atoms with Crippen molar-refractivity contribution in [3.63, 3.8) is 0 Å². The molecule has 0 aliphatic heterocycles. The molecule has 4 heteroatoms. The van der Waals surface area contributed by atoms with Crippen molar-refractivity contribution in [2.24, 2.45) is 5.92 Å². The molecule has 1 heterocycles. The quantitative estimate of drug-likeness (QED) is 0.906. The van der Waals surface area contributed by atoms with Crippen LogP contribution in [0.25, 0.3) is 0 Å². The Bertz CT molecular complexity index is 463. The number of anilines is 1. The Balaban J connectivity index is 1.71. The van der Waals surface area contributed by atoms with Gasteiger partial charge >= 0.3 is 0 Å². The van der Waals surface area contributed by atoms with Gasteiger partial charge in [0.2, 0.25) is 0 Å². The molecule has 1 atom stereocenters. The van der Waals surface area contributed by atoms with E-state index in [2.05, 4.69) is 31.2 Å². The van der Waals surface area contributed by atoms with Crippen molar-refractivity contribution in [1.29, 1.82) is 0 Å². The third kappa shape index (κ3) is 3.11. The summed E-state index contributed by atoms with van der Waals surface area (Å²) < 4.78 is 0. The van der Waals surface area contributed by atoms with Crippen LogP contribution in [-0.4, -0.2) is 25.1 Å². The minimum absolute atomic E-state index is 0.532. The first kappa shape index (κ1) is 15.3. The van der Waals surface area contributed by atoms with Crippen molar-refractivity contribution >= 4 is 16.5 Å². The lowest BCUT2D eigenvalue weighted by Crippen LogP contribution is -2.35. The van der Waals surface area contributed by atoms with Crippen molar-refractivity contribution < 1.29 is 0 Å². The zero-order valence-corrected chi connectivity index (χ0v) is 14.5. The van der Waals surface area contributed by atoms with E-state index in [0.29, 0.717) is 12.1 Å². The molecule has 0 spiro atoms. The molecule has 0 bridgehead atoms. The fourth-order valence-corrected chi connectivity index (χ4v) is 5.22. The molecule has 0 saturated heterocycles. The number of hydrogen-bond acceptors (Lipinski definition) is 4. The summed E-state index contributed by atoms with van der Waals surface area (Å²) in [4.78, 5) is 8.93. The Kier molecular flexibility index (Phi) is 4.85. The van der Waals surface area contributed by atoms with Crippen LogP contribution in [0, 0.1) is 5.92 Å². The zero-order chi connectivity index (χ0) is 14.8. The Morgan fingerprint density at radius 2 is 2.00 bits per heavy atom. The second kappa shape index (κ2) is 6.66. The van der Waals surface area contributed by atoms with Gasteiger partial charge in [-0.05, 0) is 57.9 Å². The van der Waals surface area contributed by atoms with Gasteiger partial charge in [0.25, 0.3) is 0 Å². The Morgan fingerprint density at radius 1 is 1.24 bits per heavy atom. The van der Waals surface area contributed by atoms with Gasteiger partial charge in [-0.3, -0.25) is 0 Å². The second-order valence-electron chi connectivity index (χ2n) is 6.73. The van der Waals surface area contributed by atoms with Crippen LogP contribution in [-0.2, 0) is 6.42 Å². The average molecular weight is 308 g/mol. The first-order valence-electron chi connectivity index (χ1n) is 8.62. The van der Waals surface area contributed by atoms with Crippen LogP contribution in [0.3, 0.4) is 0 Å². The van der Waals surface area contributed by atoms with Gasteiger partial charge in [0.05, 0.1) is 5.69 Å². The van der Waals surface area contributed by atoms with Crippen LogP contribution in [0.5, 0.6) is 0 Å². The van der Waals surface area contributed by atoms with Crippen LogP contribution in [0.15, 0.2) is 0 Å². The Labute approximate surface area is 133 Å². The largest absolute Gasteiger partial charge is 0.348 e. The first-order chi connectivity index (χ1) is 10.2. The highest BCUT2D eigenvalue weighted by Crippen LogP contribution is 2.39.